The maximum atomic E-state index is 11.2. The Hall–Kier alpha value is -2.38. The van der Waals surface area contributed by atoms with Gasteiger partial charge in [0.1, 0.15) is 11.5 Å². The first-order valence-electron chi connectivity index (χ1n) is 6.46. The molecule has 0 radical (unpaired) electrons. The third-order valence-electron chi connectivity index (χ3n) is 2.93. The highest BCUT2D eigenvalue weighted by atomic mass is 16.6. The van der Waals surface area contributed by atoms with Crippen LogP contribution in [-0.2, 0) is 6.42 Å². The third-order valence-corrected chi connectivity index (χ3v) is 2.93. The Morgan fingerprint density at radius 2 is 2.30 bits per heavy atom. The predicted octanol–water partition coefficient (Wildman–Crippen LogP) is 2.06. The van der Waals surface area contributed by atoms with Gasteiger partial charge in [-0.2, -0.15) is 5.10 Å². The SMILES string of the molecule is Cc1nn(C(C)C)c(NCCc2ncc[nH]2)c1[N+](=O)[O-]. The molecule has 2 rings (SSSR count). The normalized spacial score (nSPS) is 11.0. The number of anilines is 1. The van der Waals surface area contributed by atoms with Crippen LogP contribution in [0.4, 0.5) is 11.5 Å². The minimum absolute atomic E-state index is 0.0399. The van der Waals surface area contributed by atoms with Crippen molar-refractivity contribution < 1.29 is 4.92 Å². The number of H-pyrrole nitrogens is 1. The molecule has 0 atom stereocenters. The van der Waals surface area contributed by atoms with Gasteiger partial charge in [0.2, 0.25) is 5.82 Å². The molecule has 0 saturated carbocycles. The Balaban J connectivity index is 2.18. The quantitative estimate of drug-likeness (QED) is 0.622. The molecule has 8 heteroatoms. The summed E-state index contributed by atoms with van der Waals surface area (Å²) in [5, 5.41) is 18.5. The van der Waals surface area contributed by atoms with E-state index in [9.17, 15) is 10.1 Å². The summed E-state index contributed by atoms with van der Waals surface area (Å²) >= 11 is 0. The maximum absolute atomic E-state index is 11.2. The molecule has 0 fully saturated rings. The fourth-order valence-corrected chi connectivity index (χ4v) is 2.03. The van der Waals surface area contributed by atoms with Crippen LogP contribution >= 0.6 is 0 Å². The Bertz CT molecular complexity index is 587. The first kappa shape index (κ1) is 14.0. The number of aromatic amines is 1. The second-order valence-corrected chi connectivity index (χ2v) is 4.79. The van der Waals surface area contributed by atoms with Crippen LogP contribution in [0.3, 0.4) is 0 Å². The highest BCUT2D eigenvalue weighted by Gasteiger charge is 2.26. The highest BCUT2D eigenvalue weighted by molar-refractivity contribution is 5.59. The fraction of sp³-hybridized carbons (Fsp3) is 0.500. The van der Waals surface area contributed by atoms with Crippen molar-refractivity contribution in [1.82, 2.24) is 19.7 Å². The van der Waals surface area contributed by atoms with E-state index in [1.807, 2.05) is 13.8 Å². The van der Waals surface area contributed by atoms with Gasteiger partial charge in [0.25, 0.3) is 0 Å². The summed E-state index contributed by atoms with van der Waals surface area (Å²) in [6.45, 7) is 6.07. The van der Waals surface area contributed by atoms with Gasteiger partial charge < -0.3 is 10.3 Å². The first-order valence-corrected chi connectivity index (χ1v) is 6.46. The van der Waals surface area contributed by atoms with E-state index in [4.69, 9.17) is 0 Å². The van der Waals surface area contributed by atoms with E-state index in [0.717, 1.165) is 5.82 Å². The van der Waals surface area contributed by atoms with Gasteiger partial charge in [-0.05, 0) is 20.8 Å². The molecule has 2 aromatic rings. The Kier molecular flexibility index (Phi) is 4.02. The second kappa shape index (κ2) is 5.72. The van der Waals surface area contributed by atoms with Gasteiger partial charge in [-0.25, -0.2) is 9.67 Å². The van der Waals surface area contributed by atoms with Crippen LogP contribution in [0.15, 0.2) is 12.4 Å². The number of rotatable bonds is 6. The molecule has 20 heavy (non-hydrogen) atoms. The number of nitrogens with zero attached hydrogens (tertiary/aromatic N) is 4. The summed E-state index contributed by atoms with van der Waals surface area (Å²) in [6.07, 6.45) is 4.09. The molecule has 0 aliphatic heterocycles. The summed E-state index contributed by atoms with van der Waals surface area (Å²) in [5.74, 6) is 1.29. The molecular weight excluding hydrogens is 260 g/mol. The molecule has 0 aromatic carbocycles. The van der Waals surface area contributed by atoms with Crippen molar-refractivity contribution in [2.45, 2.75) is 33.2 Å². The van der Waals surface area contributed by atoms with E-state index in [0.29, 0.717) is 24.5 Å². The molecule has 0 bridgehead atoms. The minimum atomic E-state index is -0.392. The zero-order valence-corrected chi connectivity index (χ0v) is 11.8. The molecular formula is C12H18N6O2. The van der Waals surface area contributed by atoms with Crippen molar-refractivity contribution >= 4 is 11.5 Å². The molecule has 2 heterocycles. The van der Waals surface area contributed by atoms with Crippen molar-refractivity contribution in [3.8, 4) is 0 Å². The Morgan fingerprint density at radius 1 is 1.55 bits per heavy atom. The van der Waals surface area contributed by atoms with Crippen LogP contribution in [0.25, 0.3) is 0 Å². The van der Waals surface area contributed by atoms with Gasteiger partial charge in [-0.1, -0.05) is 0 Å². The molecule has 0 amide bonds. The standard InChI is InChI=1S/C12H18N6O2/c1-8(2)17-12(11(18(19)20)9(3)16-17)15-5-4-10-13-6-7-14-10/h6-8,15H,4-5H2,1-3H3,(H,13,14). The van der Waals surface area contributed by atoms with E-state index in [1.54, 1.807) is 24.0 Å². The lowest BCUT2D eigenvalue weighted by Crippen LogP contribution is -2.13. The summed E-state index contributed by atoms with van der Waals surface area (Å²) in [6, 6.07) is 0.0495. The zero-order chi connectivity index (χ0) is 14.7. The smallest absolute Gasteiger partial charge is 0.333 e. The van der Waals surface area contributed by atoms with Crippen molar-refractivity contribution in [3.63, 3.8) is 0 Å². The monoisotopic (exact) mass is 278 g/mol. The molecule has 2 aromatic heterocycles. The maximum Gasteiger partial charge on any atom is 0.333 e. The van der Waals surface area contributed by atoms with Crippen LogP contribution in [0.2, 0.25) is 0 Å². The molecule has 8 nitrogen and oxygen atoms in total. The van der Waals surface area contributed by atoms with E-state index >= 15 is 0 Å². The molecule has 108 valence electrons. The third kappa shape index (κ3) is 2.79. The summed E-state index contributed by atoms with van der Waals surface area (Å²) in [4.78, 5) is 17.9. The number of aryl methyl sites for hydroxylation is 1. The Morgan fingerprint density at radius 3 is 2.85 bits per heavy atom. The van der Waals surface area contributed by atoms with Crippen LogP contribution < -0.4 is 5.32 Å². The molecule has 0 unspecified atom stereocenters. The van der Waals surface area contributed by atoms with Crippen LogP contribution in [0, 0.1) is 17.0 Å². The van der Waals surface area contributed by atoms with Gasteiger partial charge in [0.05, 0.1) is 4.92 Å². The van der Waals surface area contributed by atoms with Gasteiger partial charge >= 0.3 is 5.69 Å². The average Bonchev–Trinajstić information content (AvgIpc) is 2.97. The minimum Gasteiger partial charge on any atom is -0.364 e. The predicted molar refractivity (Wildman–Crippen MR) is 74.8 cm³/mol. The van der Waals surface area contributed by atoms with Crippen molar-refractivity contribution in [1.29, 1.82) is 0 Å². The van der Waals surface area contributed by atoms with E-state index < -0.39 is 4.92 Å². The number of hydrogen-bond donors (Lipinski definition) is 2. The van der Waals surface area contributed by atoms with E-state index in [-0.39, 0.29) is 11.7 Å². The van der Waals surface area contributed by atoms with Gasteiger partial charge in [-0.15, -0.1) is 0 Å². The van der Waals surface area contributed by atoms with Crippen molar-refractivity contribution in [2.24, 2.45) is 0 Å². The lowest BCUT2D eigenvalue weighted by atomic mass is 10.3. The average molecular weight is 278 g/mol. The lowest BCUT2D eigenvalue weighted by Gasteiger charge is -2.11. The molecule has 0 saturated heterocycles. The molecule has 0 aliphatic rings. The lowest BCUT2D eigenvalue weighted by molar-refractivity contribution is -0.384. The van der Waals surface area contributed by atoms with E-state index in [2.05, 4.69) is 20.4 Å². The fourth-order valence-electron chi connectivity index (χ4n) is 2.03. The second-order valence-electron chi connectivity index (χ2n) is 4.79. The van der Waals surface area contributed by atoms with Crippen LogP contribution in [0.5, 0.6) is 0 Å². The zero-order valence-electron chi connectivity index (χ0n) is 11.8. The van der Waals surface area contributed by atoms with Gasteiger partial charge in [0, 0.05) is 31.4 Å². The summed E-state index contributed by atoms with van der Waals surface area (Å²) < 4.78 is 1.65. The number of imidazole rings is 1. The van der Waals surface area contributed by atoms with Crippen molar-refractivity contribution in [2.75, 3.05) is 11.9 Å². The van der Waals surface area contributed by atoms with Gasteiger partial charge in [0.15, 0.2) is 0 Å². The van der Waals surface area contributed by atoms with E-state index in [1.165, 1.54) is 0 Å². The molecule has 2 N–H and O–H groups in total. The van der Waals surface area contributed by atoms with Gasteiger partial charge in [-0.3, -0.25) is 10.1 Å². The Labute approximate surface area is 116 Å². The first-order chi connectivity index (χ1) is 9.50. The number of hydrogen-bond acceptors (Lipinski definition) is 5. The highest BCUT2D eigenvalue weighted by Crippen LogP contribution is 2.30. The van der Waals surface area contributed by atoms with Crippen LogP contribution in [-0.4, -0.2) is 31.2 Å². The molecule has 0 spiro atoms. The summed E-state index contributed by atoms with van der Waals surface area (Å²) in [7, 11) is 0. The largest absolute Gasteiger partial charge is 0.364 e. The summed E-state index contributed by atoms with van der Waals surface area (Å²) in [5.41, 5.74) is 0.461. The number of nitrogens with one attached hydrogen (secondary N) is 2. The number of aromatic nitrogens is 4. The molecule has 0 aliphatic carbocycles. The van der Waals surface area contributed by atoms with Crippen LogP contribution in [0.1, 0.15) is 31.4 Å². The van der Waals surface area contributed by atoms with Crippen molar-refractivity contribution in [3.05, 3.63) is 34.0 Å². The number of nitro groups is 1. The topological polar surface area (TPSA) is 102 Å².